The number of ketones is 1. The fourth-order valence-electron chi connectivity index (χ4n) is 2.10. The SMILES string of the molecule is CC.CC(C)(C)OC(=O)N1CCCC1.CI.O=CNCC(=O)c1ccc(Br)cc1. The zero-order valence-electron chi connectivity index (χ0n) is 18.3. The standard InChI is InChI=1S/C9H8BrNO2.C9H17NO2.C2H6.CH3I/c10-8-3-1-7(2-4-8)9(13)5-11-6-12;1-9(2,3)12-8(11)10-6-4-5-7-10;2*1-2/h1-4,6H,5H2,(H,11,12);4-7H2,1-3H3;1-2H3;1H3. The van der Waals surface area contributed by atoms with E-state index in [4.69, 9.17) is 4.74 Å². The van der Waals surface area contributed by atoms with Gasteiger partial charge in [-0.25, -0.2) is 4.79 Å². The lowest BCUT2D eigenvalue weighted by Gasteiger charge is -2.23. The summed E-state index contributed by atoms with van der Waals surface area (Å²) in [5.41, 5.74) is 0.234. The molecule has 1 aromatic carbocycles. The van der Waals surface area contributed by atoms with Gasteiger partial charge in [-0.3, -0.25) is 9.59 Å². The fourth-order valence-corrected chi connectivity index (χ4v) is 2.36. The number of likely N-dealkylation sites (tertiary alicyclic amines) is 1. The van der Waals surface area contributed by atoms with E-state index in [9.17, 15) is 14.4 Å². The Morgan fingerprint density at radius 3 is 2.03 bits per heavy atom. The zero-order chi connectivity index (χ0) is 22.9. The number of benzene rings is 1. The summed E-state index contributed by atoms with van der Waals surface area (Å²) in [5, 5.41) is 2.32. The van der Waals surface area contributed by atoms with E-state index in [0.717, 1.165) is 30.4 Å². The highest BCUT2D eigenvalue weighted by Crippen LogP contribution is 2.14. The lowest BCUT2D eigenvalue weighted by molar-refractivity contribution is -0.109. The smallest absolute Gasteiger partial charge is 0.410 e. The Bertz CT molecular complexity index is 583. The highest BCUT2D eigenvalue weighted by atomic mass is 127. The van der Waals surface area contributed by atoms with Crippen LogP contribution in [0.4, 0.5) is 4.79 Å². The second-order valence-corrected chi connectivity index (χ2v) is 7.52. The summed E-state index contributed by atoms with van der Waals surface area (Å²) in [7, 11) is 0. The summed E-state index contributed by atoms with van der Waals surface area (Å²) in [4.78, 5) is 36.3. The molecule has 1 N–H and O–H groups in total. The highest BCUT2D eigenvalue weighted by molar-refractivity contribution is 14.1. The van der Waals surface area contributed by atoms with Crippen molar-refractivity contribution in [3.63, 3.8) is 0 Å². The van der Waals surface area contributed by atoms with Gasteiger partial charge in [-0.2, -0.15) is 0 Å². The Morgan fingerprint density at radius 2 is 1.62 bits per heavy atom. The molecule has 1 heterocycles. The monoisotopic (exact) mass is 584 g/mol. The number of alkyl halides is 1. The molecule has 1 fully saturated rings. The van der Waals surface area contributed by atoms with Gasteiger partial charge in [0.05, 0.1) is 6.54 Å². The van der Waals surface area contributed by atoms with Crippen molar-refractivity contribution >= 4 is 56.8 Å². The molecule has 0 aromatic heterocycles. The largest absolute Gasteiger partial charge is 0.444 e. The molecule has 166 valence electrons. The molecule has 0 spiro atoms. The maximum absolute atomic E-state index is 11.4. The molecule has 1 aromatic rings. The lowest BCUT2D eigenvalue weighted by Crippen LogP contribution is -2.34. The molecule has 8 heteroatoms. The van der Waals surface area contributed by atoms with Crippen molar-refractivity contribution < 1.29 is 19.1 Å². The Kier molecular flexibility index (Phi) is 18.3. The minimum absolute atomic E-state index is 0.0468. The van der Waals surface area contributed by atoms with Gasteiger partial charge in [0.1, 0.15) is 5.60 Å². The van der Waals surface area contributed by atoms with Crippen LogP contribution in [0.15, 0.2) is 28.7 Å². The number of hydrogen-bond donors (Lipinski definition) is 1. The van der Waals surface area contributed by atoms with Crippen LogP contribution >= 0.6 is 38.5 Å². The third-order valence-corrected chi connectivity index (χ3v) is 3.80. The average molecular weight is 585 g/mol. The Labute approximate surface area is 197 Å². The second kappa shape index (κ2) is 17.7. The van der Waals surface area contributed by atoms with Crippen LogP contribution in [0.3, 0.4) is 0 Å². The molecule has 0 aliphatic carbocycles. The molecule has 1 aliphatic heterocycles. The Morgan fingerprint density at radius 1 is 1.14 bits per heavy atom. The number of amides is 2. The van der Waals surface area contributed by atoms with Crippen molar-refractivity contribution in [2.75, 3.05) is 24.6 Å². The fraction of sp³-hybridized carbons (Fsp3) is 0.571. The topological polar surface area (TPSA) is 75.7 Å². The first-order valence-corrected chi connectivity index (χ1v) is 12.5. The summed E-state index contributed by atoms with van der Waals surface area (Å²) in [6.07, 6.45) is 2.56. The van der Waals surface area contributed by atoms with E-state index in [2.05, 4.69) is 43.8 Å². The van der Waals surface area contributed by atoms with Gasteiger partial charge in [-0.1, -0.05) is 64.5 Å². The van der Waals surface area contributed by atoms with Crippen molar-refractivity contribution in [3.8, 4) is 0 Å². The molecule has 1 aliphatic rings. The van der Waals surface area contributed by atoms with E-state index in [1.54, 1.807) is 29.2 Å². The predicted molar refractivity (Wildman–Crippen MR) is 131 cm³/mol. The molecule has 2 amide bonds. The average Bonchev–Trinajstić information content (AvgIpc) is 3.24. The molecule has 0 atom stereocenters. The first-order chi connectivity index (χ1) is 13.7. The van der Waals surface area contributed by atoms with Crippen molar-refractivity contribution in [2.45, 2.75) is 53.1 Å². The molecule has 0 bridgehead atoms. The third kappa shape index (κ3) is 15.4. The summed E-state index contributed by atoms with van der Waals surface area (Å²) in [6, 6.07) is 6.99. The maximum Gasteiger partial charge on any atom is 0.410 e. The number of halogens is 2. The van der Waals surface area contributed by atoms with Gasteiger partial charge in [0.2, 0.25) is 6.41 Å². The van der Waals surface area contributed by atoms with E-state index in [-0.39, 0.29) is 24.0 Å². The van der Waals surface area contributed by atoms with Gasteiger partial charge >= 0.3 is 6.09 Å². The molecule has 0 unspecified atom stereocenters. The van der Waals surface area contributed by atoms with Crippen LogP contribution in [0.25, 0.3) is 0 Å². The number of Topliss-reactive ketones (excluding diaryl/α,β-unsaturated/α-hetero) is 1. The molecule has 0 saturated carbocycles. The lowest BCUT2D eigenvalue weighted by atomic mass is 10.1. The van der Waals surface area contributed by atoms with Gasteiger partial charge in [-0.05, 0) is 50.7 Å². The summed E-state index contributed by atoms with van der Waals surface area (Å²) < 4.78 is 6.13. The van der Waals surface area contributed by atoms with Crippen molar-refractivity contribution in [1.29, 1.82) is 0 Å². The van der Waals surface area contributed by atoms with Crippen LogP contribution in [0, 0.1) is 0 Å². The van der Waals surface area contributed by atoms with Gasteiger partial charge in [0.25, 0.3) is 0 Å². The summed E-state index contributed by atoms with van der Waals surface area (Å²) >= 11 is 5.41. The van der Waals surface area contributed by atoms with Gasteiger partial charge in [0.15, 0.2) is 5.78 Å². The third-order valence-electron chi connectivity index (χ3n) is 3.27. The van der Waals surface area contributed by atoms with Crippen LogP contribution in [0.2, 0.25) is 0 Å². The van der Waals surface area contributed by atoms with Crippen molar-refractivity contribution in [3.05, 3.63) is 34.3 Å². The highest BCUT2D eigenvalue weighted by Gasteiger charge is 2.23. The quantitative estimate of drug-likeness (QED) is 0.220. The van der Waals surface area contributed by atoms with Crippen LogP contribution in [0.5, 0.6) is 0 Å². The van der Waals surface area contributed by atoms with Gasteiger partial charge < -0.3 is 15.0 Å². The maximum atomic E-state index is 11.4. The molecule has 1 saturated heterocycles. The van der Waals surface area contributed by atoms with Gasteiger partial charge in [0, 0.05) is 23.1 Å². The number of rotatable bonds is 4. The molecule has 6 nitrogen and oxygen atoms in total. The molecular formula is C21H34BrIN2O4. The first-order valence-electron chi connectivity index (χ1n) is 9.54. The van der Waals surface area contributed by atoms with E-state index in [1.807, 2.05) is 39.5 Å². The number of hydrogen-bond acceptors (Lipinski definition) is 4. The first kappa shape index (κ1) is 30.0. The summed E-state index contributed by atoms with van der Waals surface area (Å²) in [6.45, 7) is 11.4. The number of carbonyl (C=O) groups excluding carboxylic acids is 3. The zero-order valence-corrected chi connectivity index (χ0v) is 22.0. The van der Waals surface area contributed by atoms with Crippen LogP contribution in [-0.2, 0) is 9.53 Å². The predicted octanol–water partition coefficient (Wildman–Crippen LogP) is 5.47. The second-order valence-electron chi connectivity index (χ2n) is 6.60. The van der Waals surface area contributed by atoms with E-state index < -0.39 is 0 Å². The molecular weight excluding hydrogens is 551 g/mol. The van der Waals surface area contributed by atoms with Crippen molar-refractivity contribution in [2.24, 2.45) is 0 Å². The number of ether oxygens (including phenoxy) is 1. The molecule has 29 heavy (non-hydrogen) atoms. The molecule has 0 radical (unpaired) electrons. The van der Waals surface area contributed by atoms with Crippen LogP contribution in [0.1, 0.15) is 57.8 Å². The van der Waals surface area contributed by atoms with E-state index in [0.29, 0.717) is 12.0 Å². The minimum Gasteiger partial charge on any atom is -0.444 e. The Balaban J connectivity index is 0. The van der Waals surface area contributed by atoms with E-state index in [1.165, 1.54) is 0 Å². The van der Waals surface area contributed by atoms with Gasteiger partial charge in [-0.15, -0.1) is 0 Å². The van der Waals surface area contributed by atoms with Crippen LogP contribution < -0.4 is 5.32 Å². The van der Waals surface area contributed by atoms with Crippen LogP contribution in [-0.4, -0.2) is 53.4 Å². The Hall–Kier alpha value is -1.16. The number of nitrogens with one attached hydrogen (secondary N) is 1. The number of carbonyl (C=O) groups is 3. The summed E-state index contributed by atoms with van der Waals surface area (Å²) in [5.74, 6) is -0.0976. The number of nitrogens with zero attached hydrogens (tertiary/aromatic N) is 1. The normalized spacial score (nSPS) is 12.1. The minimum atomic E-state index is -0.361. The molecule has 2 rings (SSSR count). The van der Waals surface area contributed by atoms with Crippen molar-refractivity contribution in [1.82, 2.24) is 10.2 Å². The van der Waals surface area contributed by atoms with E-state index >= 15 is 0 Å².